The van der Waals surface area contributed by atoms with Crippen LogP contribution in [0.3, 0.4) is 0 Å². The summed E-state index contributed by atoms with van der Waals surface area (Å²) in [5.41, 5.74) is -2.92. The van der Waals surface area contributed by atoms with Crippen LogP contribution in [-0.2, 0) is 10.1 Å². The molecule has 200 valence electrons. The minimum absolute atomic E-state index is 0.133. The van der Waals surface area contributed by atoms with Gasteiger partial charge in [-0.25, -0.2) is 9.97 Å². The van der Waals surface area contributed by atoms with Crippen LogP contribution in [0.1, 0.15) is 0 Å². The molecule has 0 aliphatic heterocycles. The van der Waals surface area contributed by atoms with Crippen LogP contribution in [0.15, 0.2) is 102 Å². The van der Waals surface area contributed by atoms with Crippen molar-refractivity contribution < 1.29 is 25.8 Å². The summed E-state index contributed by atoms with van der Waals surface area (Å²) in [6.45, 7) is 0. The van der Waals surface area contributed by atoms with Gasteiger partial charge >= 0.3 is 15.6 Å². The van der Waals surface area contributed by atoms with Crippen molar-refractivity contribution in [1.82, 2.24) is 9.97 Å². The SMILES string of the molecule is O=S(=O)(Oc1ccc2ccccc2c1-c1nc(-c2ccccc2)sc1-c1csc(-c2ccccc2)n1)C(F)(F)F. The van der Waals surface area contributed by atoms with E-state index in [1.807, 2.05) is 66.0 Å². The predicted octanol–water partition coefficient (Wildman–Crippen LogP) is 8.65. The predicted molar refractivity (Wildman–Crippen MR) is 153 cm³/mol. The molecule has 0 saturated heterocycles. The van der Waals surface area contributed by atoms with Crippen molar-refractivity contribution in [3.8, 4) is 48.7 Å². The van der Waals surface area contributed by atoms with E-state index in [2.05, 4.69) is 0 Å². The first-order valence-electron chi connectivity index (χ1n) is 11.8. The number of nitrogens with zero attached hydrogens (tertiary/aromatic N) is 2. The average molecular weight is 595 g/mol. The molecule has 6 rings (SSSR count). The highest BCUT2D eigenvalue weighted by Gasteiger charge is 2.49. The summed E-state index contributed by atoms with van der Waals surface area (Å²) in [7, 11) is -5.94. The number of rotatable bonds is 6. The Morgan fingerprint density at radius 1 is 0.725 bits per heavy atom. The molecule has 0 atom stereocenters. The Balaban J connectivity index is 1.61. The van der Waals surface area contributed by atoms with Crippen molar-refractivity contribution in [2.75, 3.05) is 0 Å². The lowest BCUT2D eigenvalue weighted by Crippen LogP contribution is -2.28. The molecule has 0 radical (unpaired) electrons. The molecule has 4 aromatic carbocycles. The zero-order valence-corrected chi connectivity index (χ0v) is 22.7. The van der Waals surface area contributed by atoms with Crippen LogP contribution in [0.4, 0.5) is 13.2 Å². The van der Waals surface area contributed by atoms with Crippen LogP contribution in [-0.4, -0.2) is 23.9 Å². The van der Waals surface area contributed by atoms with Gasteiger partial charge in [0.15, 0.2) is 5.75 Å². The van der Waals surface area contributed by atoms with E-state index in [1.165, 1.54) is 34.8 Å². The first-order valence-corrected chi connectivity index (χ1v) is 14.9. The fourth-order valence-electron chi connectivity index (χ4n) is 4.19. The lowest BCUT2D eigenvalue weighted by molar-refractivity contribution is -0.0499. The average Bonchev–Trinajstić information content (AvgIpc) is 3.61. The van der Waals surface area contributed by atoms with Gasteiger partial charge in [0.05, 0.1) is 21.8 Å². The molecule has 11 heteroatoms. The zero-order valence-electron chi connectivity index (χ0n) is 20.3. The van der Waals surface area contributed by atoms with Crippen LogP contribution in [0.2, 0.25) is 0 Å². The van der Waals surface area contributed by atoms with Crippen molar-refractivity contribution in [1.29, 1.82) is 0 Å². The molecule has 0 saturated carbocycles. The largest absolute Gasteiger partial charge is 0.534 e. The molecule has 40 heavy (non-hydrogen) atoms. The van der Waals surface area contributed by atoms with Gasteiger partial charge in [0.25, 0.3) is 0 Å². The maximum absolute atomic E-state index is 13.4. The Labute approximate surface area is 235 Å². The molecule has 0 amide bonds. The second-order valence-corrected chi connectivity index (χ2v) is 12.0. The highest BCUT2D eigenvalue weighted by molar-refractivity contribution is 7.88. The van der Waals surface area contributed by atoms with Crippen molar-refractivity contribution in [2.45, 2.75) is 5.51 Å². The second-order valence-electron chi connectivity index (χ2n) is 8.61. The van der Waals surface area contributed by atoms with Gasteiger partial charge in [-0.2, -0.15) is 21.6 Å². The Morgan fingerprint density at radius 2 is 1.35 bits per heavy atom. The van der Waals surface area contributed by atoms with Gasteiger partial charge < -0.3 is 4.18 Å². The Hall–Kier alpha value is -4.06. The quantitative estimate of drug-likeness (QED) is 0.143. The van der Waals surface area contributed by atoms with Crippen LogP contribution in [0.5, 0.6) is 5.75 Å². The van der Waals surface area contributed by atoms with Crippen LogP contribution in [0, 0.1) is 0 Å². The number of fused-ring (bicyclic) bond motifs is 1. The van der Waals surface area contributed by atoms with Gasteiger partial charge in [-0.1, -0.05) is 91.0 Å². The topological polar surface area (TPSA) is 69.2 Å². The molecule has 2 heterocycles. The van der Waals surface area contributed by atoms with E-state index in [-0.39, 0.29) is 11.3 Å². The third-order valence-electron chi connectivity index (χ3n) is 6.02. The van der Waals surface area contributed by atoms with Crippen molar-refractivity contribution in [3.05, 3.63) is 102 Å². The van der Waals surface area contributed by atoms with E-state index >= 15 is 0 Å². The minimum Gasteiger partial charge on any atom is -0.375 e. The van der Waals surface area contributed by atoms with E-state index in [0.29, 0.717) is 26.4 Å². The molecule has 0 fully saturated rings. The minimum atomic E-state index is -5.94. The summed E-state index contributed by atoms with van der Waals surface area (Å²) in [5.74, 6) is -0.472. The van der Waals surface area contributed by atoms with E-state index in [1.54, 1.807) is 24.3 Å². The van der Waals surface area contributed by atoms with E-state index in [4.69, 9.17) is 14.2 Å². The molecule has 2 aromatic heterocycles. The molecule has 0 aliphatic carbocycles. The fourth-order valence-corrected chi connectivity index (χ4v) is 6.59. The lowest BCUT2D eigenvalue weighted by Gasteiger charge is -2.15. The number of hydrogen-bond donors (Lipinski definition) is 0. The molecule has 0 bridgehead atoms. The number of aromatic nitrogens is 2. The lowest BCUT2D eigenvalue weighted by atomic mass is 10.00. The summed E-state index contributed by atoms with van der Waals surface area (Å²) < 4.78 is 69.0. The van der Waals surface area contributed by atoms with Crippen LogP contribution >= 0.6 is 22.7 Å². The van der Waals surface area contributed by atoms with Gasteiger partial charge in [0.1, 0.15) is 10.0 Å². The third-order valence-corrected chi connectivity index (χ3v) is 9.00. The Kier molecular flexibility index (Phi) is 6.65. The number of hydrogen-bond acceptors (Lipinski definition) is 7. The molecule has 0 unspecified atom stereocenters. The van der Waals surface area contributed by atoms with Crippen molar-refractivity contribution in [2.24, 2.45) is 0 Å². The van der Waals surface area contributed by atoms with E-state index in [9.17, 15) is 21.6 Å². The number of thiazole rings is 2. The van der Waals surface area contributed by atoms with Gasteiger partial charge in [-0.05, 0) is 16.8 Å². The molecule has 6 aromatic rings. The summed E-state index contributed by atoms with van der Waals surface area (Å²) >= 11 is 2.74. The third kappa shape index (κ3) is 4.87. The first kappa shape index (κ1) is 26.2. The van der Waals surface area contributed by atoms with Gasteiger partial charge in [-0.15, -0.1) is 22.7 Å². The van der Waals surface area contributed by atoms with Crippen LogP contribution in [0.25, 0.3) is 53.7 Å². The molecular formula is C29H17F3N2O3S3. The molecule has 0 N–H and O–H groups in total. The second kappa shape index (κ2) is 10.2. The van der Waals surface area contributed by atoms with Crippen molar-refractivity contribution >= 4 is 43.6 Å². The Bertz CT molecular complexity index is 1940. The smallest absolute Gasteiger partial charge is 0.375 e. The number of alkyl halides is 3. The summed E-state index contributed by atoms with van der Waals surface area (Å²) in [6.07, 6.45) is 0. The number of benzene rings is 4. The van der Waals surface area contributed by atoms with Crippen LogP contribution < -0.4 is 4.18 Å². The molecule has 5 nitrogen and oxygen atoms in total. The van der Waals surface area contributed by atoms with Gasteiger partial charge in [-0.3, -0.25) is 0 Å². The summed E-state index contributed by atoms with van der Waals surface area (Å²) in [4.78, 5) is 10.2. The van der Waals surface area contributed by atoms with E-state index in [0.717, 1.165) is 16.1 Å². The molecule has 0 aliphatic rings. The number of halogens is 3. The standard InChI is InChI=1S/C29H17F3N2O3S3/c30-29(31,32)40(35,36)37-23-16-15-18-9-7-8-14-21(18)24(23)25-26(39-28(34-25)20-12-5-2-6-13-20)22-17-38-27(33-22)19-10-3-1-4-11-19/h1-17H. The van der Waals surface area contributed by atoms with Gasteiger partial charge in [0, 0.05) is 16.5 Å². The zero-order chi connectivity index (χ0) is 27.9. The highest BCUT2D eigenvalue weighted by Crippen LogP contribution is 2.47. The molecule has 0 spiro atoms. The Morgan fingerprint density at radius 3 is 2.02 bits per heavy atom. The molecular weight excluding hydrogens is 578 g/mol. The highest BCUT2D eigenvalue weighted by atomic mass is 32.2. The fraction of sp³-hybridized carbons (Fsp3) is 0.0345. The van der Waals surface area contributed by atoms with E-state index < -0.39 is 21.4 Å². The summed E-state index contributed by atoms with van der Waals surface area (Å²) in [6, 6.07) is 28.6. The van der Waals surface area contributed by atoms with Gasteiger partial charge in [0.2, 0.25) is 0 Å². The maximum atomic E-state index is 13.4. The normalized spacial score (nSPS) is 12.1. The maximum Gasteiger partial charge on any atom is 0.534 e. The first-order chi connectivity index (χ1) is 19.2. The summed E-state index contributed by atoms with van der Waals surface area (Å²) in [5, 5.41) is 4.37. The monoisotopic (exact) mass is 594 g/mol. The van der Waals surface area contributed by atoms with Crippen molar-refractivity contribution in [3.63, 3.8) is 0 Å².